The number of ether oxygens (including phenoxy) is 1. The van der Waals surface area contributed by atoms with Crippen LogP contribution in [0.2, 0.25) is 0 Å². The first-order valence-electron chi connectivity index (χ1n) is 9.22. The summed E-state index contributed by atoms with van der Waals surface area (Å²) >= 11 is 0. The molecule has 9 nitrogen and oxygen atoms in total. The first-order valence-corrected chi connectivity index (χ1v) is 10.7. The Morgan fingerprint density at radius 3 is 2.36 bits per heavy atom. The molecule has 0 bridgehead atoms. The largest absolute Gasteiger partial charge is 0.484 e. The molecule has 3 N–H and O–H groups in total. The molecule has 2 aromatic carbocycles. The minimum atomic E-state index is -4.98. The van der Waals surface area contributed by atoms with Gasteiger partial charge in [0.2, 0.25) is 5.91 Å². The lowest BCUT2D eigenvalue weighted by Crippen LogP contribution is -2.59. The van der Waals surface area contributed by atoms with Crippen molar-refractivity contribution in [2.24, 2.45) is 0 Å². The van der Waals surface area contributed by atoms with Crippen molar-refractivity contribution in [3.05, 3.63) is 48.3 Å². The number of hydrogen-bond donors (Lipinski definition) is 3. The van der Waals surface area contributed by atoms with Gasteiger partial charge in [-0.15, -0.1) is 0 Å². The minimum absolute atomic E-state index is 0.0724. The molecule has 0 fully saturated rings. The van der Waals surface area contributed by atoms with E-state index in [0.29, 0.717) is 4.31 Å². The lowest BCUT2D eigenvalue weighted by Gasteiger charge is -2.39. The molecule has 2 amide bonds. The monoisotopic (exact) mass is 491 g/mol. The maximum Gasteiger partial charge on any atom is 0.412 e. The van der Waals surface area contributed by atoms with Crippen molar-refractivity contribution in [2.45, 2.75) is 30.1 Å². The number of nitrogens with zero attached hydrogens (tertiary/aromatic N) is 1. The van der Waals surface area contributed by atoms with E-state index in [1.165, 1.54) is 6.07 Å². The van der Waals surface area contributed by atoms with Crippen LogP contribution in [0.3, 0.4) is 0 Å². The highest BCUT2D eigenvalue weighted by molar-refractivity contribution is 7.92. The van der Waals surface area contributed by atoms with Crippen LogP contribution in [0, 0.1) is 5.82 Å². The molecule has 0 saturated carbocycles. The summed E-state index contributed by atoms with van der Waals surface area (Å²) in [6.45, 7) is -0.0138. The Kier molecular flexibility index (Phi) is 6.40. The number of nitrogens with one attached hydrogen (secondary N) is 2. The minimum Gasteiger partial charge on any atom is -0.484 e. The van der Waals surface area contributed by atoms with E-state index in [2.05, 4.69) is 0 Å². The maximum absolute atomic E-state index is 13.7. The molecular formula is C19H17F4N3O6S. The van der Waals surface area contributed by atoms with E-state index in [4.69, 9.17) is 9.84 Å². The Hall–Kier alpha value is -3.55. The summed E-state index contributed by atoms with van der Waals surface area (Å²) in [5.74, 6) is -2.04. The smallest absolute Gasteiger partial charge is 0.412 e. The topological polar surface area (TPSA) is 125 Å². The van der Waals surface area contributed by atoms with Gasteiger partial charge in [0.25, 0.3) is 10.0 Å². The Morgan fingerprint density at radius 1 is 1.18 bits per heavy atom. The van der Waals surface area contributed by atoms with Crippen molar-refractivity contribution in [3.8, 4) is 5.75 Å². The predicted molar refractivity (Wildman–Crippen MR) is 107 cm³/mol. The number of benzene rings is 2. The van der Waals surface area contributed by atoms with Gasteiger partial charge in [-0.05, 0) is 42.5 Å². The first-order chi connectivity index (χ1) is 15.3. The van der Waals surface area contributed by atoms with Crippen molar-refractivity contribution in [1.29, 1.82) is 0 Å². The summed E-state index contributed by atoms with van der Waals surface area (Å²) in [4.78, 5) is 21.9. The zero-order chi connectivity index (χ0) is 24.6. The molecule has 0 saturated heterocycles. The van der Waals surface area contributed by atoms with Crippen LogP contribution in [0.25, 0.3) is 0 Å². The first kappa shape index (κ1) is 24.1. The van der Waals surface area contributed by atoms with Gasteiger partial charge < -0.3 is 15.2 Å². The van der Waals surface area contributed by atoms with E-state index in [1.54, 1.807) is 5.32 Å². The maximum atomic E-state index is 13.7. The third kappa shape index (κ3) is 5.27. The summed E-state index contributed by atoms with van der Waals surface area (Å²) in [6, 6.07) is 4.38. The Balaban J connectivity index is 2.13. The Bertz CT molecular complexity index is 1170. The lowest BCUT2D eigenvalue weighted by molar-refractivity contribution is -0.177. The highest BCUT2D eigenvalue weighted by Crippen LogP contribution is 2.41. The van der Waals surface area contributed by atoms with Crippen LogP contribution in [0.15, 0.2) is 47.4 Å². The number of fused-ring (bicyclic) bond motifs is 1. The highest BCUT2D eigenvalue weighted by Gasteiger charge is 2.50. The van der Waals surface area contributed by atoms with E-state index >= 15 is 0 Å². The van der Waals surface area contributed by atoms with Crippen LogP contribution in [-0.2, 0) is 14.8 Å². The van der Waals surface area contributed by atoms with E-state index < -0.39 is 57.6 Å². The van der Waals surface area contributed by atoms with E-state index in [1.807, 2.05) is 5.32 Å². The number of hydrogen-bond acceptors (Lipinski definition) is 5. The molecule has 1 heterocycles. The third-order valence-corrected chi connectivity index (χ3v) is 6.38. The number of rotatable bonds is 5. The molecule has 14 heteroatoms. The summed E-state index contributed by atoms with van der Waals surface area (Å²) in [7, 11) is -4.55. The number of amides is 2. The van der Waals surface area contributed by atoms with Crippen LogP contribution < -0.4 is 19.7 Å². The standard InChI is InChI=1S/C19H17F4N3O6S/c1-10(27)24-17(19(21,22)23)16-9-26(33(30,31)13-5-2-11(20)3-6-13)14-8-12(25-18(28)29)4-7-15(14)32-16/h2-8,16-17,25H,9H2,1H3,(H,24,27)(H,28,29)/t16?,17-/m1/s1. The fraction of sp³-hybridized carbons (Fsp3) is 0.263. The molecule has 3 rings (SSSR count). The van der Waals surface area contributed by atoms with Gasteiger partial charge in [0, 0.05) is 12.6 Å². The van der Waals surface area contributed by atoms with Gasteiger partial charge >= 0.3 is 12.3 Å². The highest BCUT2D eigenvalue weighted by atomic mass is 32.2. The molecule has 0 radical (unpaired) electrons. The summed E-state index contributed by atoms with van der Waals surface area (Å²) in [6.07, 6.45) is -8.32. The summed E-state index contributed by atoms with van der Waals surface area (Å²) in [5, 5.41) is 12.7. The van der Waals surface area contributed by atoms with E-state index in [9.17, 15) is 35.6 Å². The molecule has 2 atom stereocenters. The number of alkyl halides is 3. The number of anilines is 2. The van der Waals surface area contributed by atoms with Gasteiger partial charge in [-0.1, -0.05) is 0 Å². The number of carbonyl (C=O) groups excluding carboxylic acids is 1. The van der Waals surface area contributed by atoms with Crippen LogP contribution >= 0.6 is 0 Å². The average molecular weight is 491 g/mol. The molecule has 33 heavy (non-hydrogen) atoms. The molecule has 1 aliphatic rings. The molecule has 0 aliphatic carbocycles. The van der Waals surface area contributed by atoms with Gasteiger partial charge in [0.15, 0.2) is 6.04 Å². The quantitative estimate of drug-likeness (QED) is 0.553. The Labute approximate surface area is 185 Å². The SMILES string of the molecule is CC(=O)N[C@H](C1CN(S(=O)(=O)c2ccc(F)cc2)c2cc(NC(=O)O)ccc2O1)C(F)(F)F. The zero-order valence-electron chi connectivity index (χ0n) is 16.8. The summed E-state index contributed by atoms with van der Waals surface area (Å²) in [5.41, 5.74) is -0.317. The van der Waals surface area contributed by atoms with Crippen molar-refractivity contribution in [3.63, 3.8) is 0 Å². The van der Waals surface area contributed by atoms with E-state index in [-0.39, 0.29) is 17.1 Å². The van der Waals surface area contributed by atoms with Crippen LogP contribution in [-0.4, -0.2) is 50.4 Å². The fourth-order valence-electron chi connectivity index (χ4n) is 3.21. The molecule has 2 aromatic rings. The molecular weight excluding hydrogens is 474 g/mol. The van der Waals surface area contributed by atoms with E-state index in [0.717, 1.165) is 43.3 Å². The van der Waals surface area contributed by atoms with Gasteiger partial charge in [0.1, 0.15) is 17.7 Å². The van der Waals surface area contributed by atoms with Crippen LogP contribution in [0.4, 0.5) is 33.7 Å². The van der Waals surface area contributed by atoms with Gasteiger partial charge in [-0.2, -0.15) is 13.2 Å². The predicted octanol–water partition coefficient (Wildman–Crippen LogP) is 2.94. The number of sulfonamides is 1. The molecule has 0 spiro atoms. The van der Waals surface area contributed by atoms with Crippen molar-refractivity contribution >= 4 is 33.4 Å². The summed E-state index contributed by atoms with van der Waals surface area (Å²) < 4.78 is 86.8. The number of carboxylic acid groups (broad SMARTS) is 1. The molecule has 1 aliphatic heterocycles. The van der Waals surface area contributed by atoms with Gasteiger partial charge in [0.05, 0.1) is 17.1 Å². The van der Waals surface area contributed by atoms with Crippen LogP contribution in [0.1, 0.15) is 6.92 Å². The zero-order valence-corrected chi connectivity index (χ0v) is 17.6. The molecule has 0 aromatic heterocycles. The van der Waals surface area contributed by atoms with Crippen molar-refractivity contribution < 1.29 is 45.4 Å². The second-order valence-electron chi connectivity index (χ2n) is 6.98. The number of carbonyl (C=O) groups is 2. The van der Waals surface area contributed by atoms with Crippen LogP contribution in [0.5, 0.6) is 5.75 Å². The second kappa shape index (κ2) is 8.77. The normalized spacial score (nSPS) is 16.9. The van der Waals surface area contributed by atoms with Crippen molar-refractivity contribution in [1.82, 2.24) is 5.32 Å². The van der Waals surface area contributed by atoms with Gasteiger partial charge in [-0.25, -0.2) is 17.6 Å². The Morgan fingerprint density at radius 2 is 1.82 bits per heavy atom. The fourth-order valence-corrected chi connectivity index (χ4v) is 4.69. The van der Waals surface area contributed by atoms with Gasteiger partial charge in [-0.3, -0.25) is 14.4 Å². The molecule has 178 valence electrons. The molecule has 1 unspecified atom stereocenters. The second-order valence-corrected chi connectivity index (χ2v) is 8.84. The lowest BCUT2D eigenvalue weighted by atomic mass is 10.1. The van der Waals surface area contributed by atoms with Crippen molar-refractivity contribution in [2.75, 3.05) is 16.2 Å². The number of halogens is 4. The average Bonchev–Trinajstić information content (AvgIpc) is 2.70. The third-order valence-electron chi connectivity index (χ3n) is 4.59.